The van der Waals surface area contributed by atoms with Crippen LogP contribution in [0.5, 0.6) is 5.88 Å². The quantitative estimate of drug-likeness (QED) is 0.706. The molecule has 24 heavy (non-hydrogen) atoms. The van der Waals surface area contributed by atoms with Crippen molar-refractivity contribution < 1.29 is 9.26 Å². The number of pyridine rings is 1. The van der Waals surface area contributed by atoms with Gasteiger partial charge in [0.2, 0.25) is 11.7 Å². The zero-order valence-corrected chi connectivity index (χ0v) is 14.5. The third kappa shape index (κ3) is 2.80. The van der Waals surface area contributed by atoms with Crippen molar-refractivity contribution in [3.8, 4) is 28.0 Å². The number of aromatic nitrogens is 4. The molecule has 3 aromatic rings. The van der Waals surface area contributed by atoms with Crippen LogP contribution in [0, 0.1) is 6.92 Å². The van der Waals surface area contributed by atoms with Crippen molar-refractivity contribution in [1.82, 2.24) is 20.1 Å². The molecule has 124 valence electrons. The van der Waals surface area contributed by atoms with Gasteiger partial charge in [0.25, 0.3) is 5.89 Å². The van der Waals surface area contributed by atoms with Crippen LogP contribution in [0.4, 0.5) is 0 Å². The van der Waals surface area contributed by atoms with Crippen LogP contribution in [0.15, 0.2) is 22.9 Å². The molecule has 3 heterocycles. The first-order valence-electron chi connectivity index (χ1n) is 8.06. The molecule has 0 N–H and O–H groups in total. The summed E-state index contributed by atoms with van der Waals surface area (Å²) in [6, 6.07) is 3.64. The predicted molar refractivity (Wildman–Crippen MR) is 91.1 cm³/mol. The molecule has 0 bridgehead atoms. The molecule has 6 nitrogen and oxygen atoms in total. The first-order chi connectivity index (χ1) is 11.7. The summed E-state index contributed by atoms with van der Waals surface area (Å²) in [5.74, 6) is 2.20. The normalized spacial score (nSPS) is 15.1. The number of nitrogens with zero attached hydrogens (tertiary/aromatic N) is 4. The molecule has 0 aromatic carbocycles. The van der Waals surface area contributed by atoms with Crippen LogP contribution in [-0.4, -0.2) is 27.2 Å². The van der Waals surface area contributed by atoms with Gasteiger partial charge in [-0.05, 0) is 25.8 Å². The van der Waals surface area contributed by atoms with Crippen LogP contribution in [-0.2, 0) is 0 Å². The van der Waals surface area contributed by atoms with E-state index in [-0.39, 0.29) is 0 Å². The van der Waals surface area contributed by atoms with Gasteiger partial charge in [-0.3, -0.25) is 0 Å². The van der Waals surface area contributed by atoms with Gasteiger partial charge < -0.3 is 9.26 Å². The average Bonchev–Trinajstić information content (AvgIpc) is 3.35. The fourth-order valence-electron chi connectivity index (χ4n) is 3.03. The Balaban J connectivity index is 1.62. The lowest BCUT2D eigenvalue weighted by Gasteiger charge is -2.01. The molecule has 1 fully saturated rings. The van der Waals surface area contributed by atoms with E-state index in [9.17, 15) is 0 Å². The van der Waals surface area contributed by atoms with Gasteiger partial charge >= 0.3 is 0 Å². The van der Waals surface area contributed by atoms with Crippen molar-refractivity contribution in [2.45, 2.75) is 38.5 Å². The molecule has 1 aliphatic carbocycles. The van der Waals surface area contributed by atoms with E-state index in [0.717, 1.165) is 16.1 Å². The van der Waals surface area contributed by atoms with Crippen molar-refractivity contribution in [2.24, 2.45) is 0 Å². The standard InChI is InChI=1S/C17H18N4O2S/c1-10-14(24-17(19-10)11-5-3-4-6-11)16-20-15(21-23-16)12-7-8-13(22-2)18-9-12/h7-9,11H,3-6H2,1-2H3. The lowest BCUT2D eigenvalue weighted by atomic mass is 10.1. The summed E-state index contributed by atoms with van der Waals surface area (Å²) in [6.07, 6.45) is 6.75. The molecule has 0 spiro atoms. The highest BCUT2D eigenvalue weighted by atomic mass is 32.1. The Morgan fingerprint density at radius 1 is 1.21 bits per heavy atom. The number of hydrogen-bond donors (Lipinski definition) is 0. The topological polar surface area (TPSA) is 73.9 Å². The molecule has 0 amide bonds. The van der Waals surface area contributed by atoms with Crippen LogP contribution in [0.2, 0.25) is 0 Å². The summed E-state index contributed by atoms with van der Waals surface area (Å²) in [4.78, 5) is 14.4. The minimum absolute atomic E-state index is 0.523. The summed E-state index contributed by atoms with van der Waals surface area (Å²) >= 11 is 1.68. The summed E-state index contributed by atoms with van der Waals surface area (Å²) in [6.45, 7) is 2.00. The van der Waals surface area contributed by atoms with E-state index in [2.05, 4.69) is 15.1 Å². The van der Waals surface area contributed by atoms with E-state index < -0.39 is 0 Å². The Morgan fingerprint density at radius 3 is 2.75 bits per heavy atom. The molecule has 7 heteroatoms. The van der Waals surface area contributed by atoms with Gasteiger partial charge in [0.15, 0.2) is 0 Å². The Kier molecular flexibility index (Phi) is 4.02. The van der Waals surface area contributed by atoms with Crippen LogP contribution in [0.3, 0.4) is 0 Å². The van der Waals surface area contributed by atoms with E-state index in [1.165, 1.54) is 30.7 Å². The molecular formula is C17H18N4O2S. The van der Waals surface area contributed by atoms with Crippen LogP contribution in [0.25, 0.3) is 22.2 Å². The second kappa shape index (κ2) is 6.32. The van der Waals surface area contributed by atoms with Gasteiger partial charge in [-0.2, -0.15) is 4.98 Å². The maximum absolute atomic E-state index is 5.47. The second-order valence-electron chi connectivity index (χ2n) is 5.96. The first kappa shape index (κ1) is 15.3. The molecule has 0 aliphatic heterocycles. The maximum atomic E-state index is 5.47. The summed E-state index contributed by atoms with van der Waals surface area (Å²) in [7, 11) is 1.59. The maximum Gasteiger partial charge on any atom is 0.270 e. The predicted octanol–water partition coefficient (Wildman–Crippen LogP) is 4.23. The van der Waals surface area contributed by atoms with E-state index >= 15 is 0 Å². The Morgan fingerprint density at radius 2 is 2.04 bits per heavy atom. The molecular weight excluding hydrogens is 324 g/mol. The summed E-state index contributed by atoms with van der Waals surface area (Å²) in [5, 5.41) is 5.28. The number of methoxy groups -OCH3 is 1. The fourth-order valence-corrected chi connectivity index (χ4v) is 4.19. The Labute approximate surface area is 143 Å². The zero-order chi connectivity index (χ0) is 16.5. The van der Waals surface area contributed by atoms with Crippen molar-refractivity contribution in [2.75, 3.05) is 7.11 Å². The molecule has 0 saturated heterocycles. The number of ether oxygens (including phenoxy) is 1. The van der Waals surface area contributed by atoms with Crippen molar-refractivity contribution >= 4 is 11.3 Å². The van der Waals surface area contributed by atoms with Gasteiger partial charge in [0.1, 0.15) is 4.88 Å². The number of thiazole rings is 1. The largest absolute Gasteiger partial charge is 0.481 e. The SMILES string of the molecule is COc1ccc(-c2noc(-c3sc(C4CCCC4)nc3C)n2)cn1. The highest BCUT2D eigenvalue weighted by Gasteiger charge is 2.24. The third-order valence-electron chi connectivity index (χ3n) is 4.34. The summed E-state index contributed by atoms with van der Waals surface area (Å²) < 4.78 is 10.5. The smallest absolute Gasteiger partial charge is 0.270 e. The van der Waals surface area contributed by atoms with E-state index in [1.807, 2.05) is 13.0 Å². The van der Waals surface area contributed by atoms with Crippen LogP contribution < -0.4 is 4.74 Å². The van der Waals surface area contributed by atoms with Gasteiger partial charge in [-0.1, -0.05) is 18.0 Å². The fraction of sp³-hybridized carbons (Fsp3) is 0.412. The van der Waals surface area contributed by atoms with E-state index in [4.69, 9.17) is 14.2 Å². The lowest BCUT2D eigenvalue weighted by Crippen LogP contribution is -1.90. The third-order valence-corrected chi connectivity index (χ3v) is 5.65. The van der Waals surface area contributed by atoms with Crippen molar-refractivity contribution in [3.63, 3.8) is 0 Å². The highest BCUT2D eigenvalue weighted by molar-refractivity contribution is 7.15. The van der Waals surface area contributed by atoms with Crippen LogP contribution in [0.1, 0.15) is 42.3 Å². The monoisotopic (exact) mass is 342 g/mol. The second-order valence-corrected chi connectivity index (χ2v) is 6.99. The lowest BCUT2D eigenvalue weighted by molar-refractivity contribution is 0.398. The molecule has 3 aromatic heterocycles. The molecule has 4 rings (SSSR count). The van der Waals surface area contributed by atoms with Gasteiger partial charge in [-0.15, -0.1) is 11.3 Å². The number of rotatable bonds is 4. The minimum Gasteiger partial charge on any atom is -0.481 e. The van der Waals surface area contributed by atoms with E-state index in [1.54, 1.807) is 30.7 Å². The van der Waals surface area contributed by atoms with Gasteiger partial charge in [0.05, 0.1) is 17.8 Å². The average molecular weight is 342 g/mol. The van der Waals surface area contributed by atoms with Gasteiger partial charge in [-0.25, -0.2) is 9.97 Å². The molecule has 1 aliphatic rings. The first-order valence-corrected chi connectivity index (χ1v) is 8.88. The molecule has 0 radical (unpaired) electrons. The molecule has 0 atom stereocenters. The highest BCUT2D eigenvalue weighted by Crippen LogP contribution is 2.40. The van der Waals surface area contributed by atoms with Crippen LogP contribution >= 0.6 is 11.3 Å². The molecule has 0 unspecified atom stereocenters. The Hall–Kier alpha value is -2.28. The molecule has 1 saturated carbocycles. The van der Waals surface area contributed by atoms with Crippen molar-refractivity contribution in [3.05, 3.63) is 29.0 Å². The van der Waals surface area contributed by atoms with E-state index in [0.29, 0.717) is 23.5 Å². The minimum atomic E-state index is 0.523. The Bertz CT molecular complexity index is 835. The van der Waals surface area contributed by atoms with Gasteiger partial charge in [0, 0.05) is 23.7 Å². The number of aryl methyl sites for hydroxylation is 1. The number of hydrogen-bond acceptors (Lipinski definition) is 7. The van der Waals surface area contributed by atoms with Crippen molar-refractivity contribution in [1.29, 1.82) is 0 Å². The summed E-state index contributed by atoms with van der Waals surface area (Å²) in [5.41, 5.74) is 1.76. The zero-order valence-electron chi connectivity index (χ0n) is 13.7.